The maximum Gasteiger partial charge on any atom is 0.414 e. The minimum atomic E-state index is -0.327. The quantitative estimate of drug-likeness (QED) is 0.245. The van der Waals surface area contributed by atoms with Gasteiger partial charge in [-0.05, 0) is 76.9 Å². The van der Waals surface area contributed by atoms with Crippen molar-refractivity contribution in [1.29, 1.82) is 0 Å². The van der Waals surface area contributed by atoms with Gasteiger partial charge < -0.3 is 19.4 Å². The number of ether oxygens (including phenoxy) is 1. The van der Waals surface area contributed by atoms with Gasteiger partial charge in [0.1, 0.15) is 5.75 Å². The summed E-state index contributed by atoms with van der Waals surface area (Å²) in [5.74, 6) is 0.875. The highest BCUT2D eigenvalue weighted by Crippen LogP contribution is 2.16. The SMILES string of the molecule is CCCCCCN(CCCC)C(=O)CCCCc1ccc(OC(=O)N(C)CCCN(C)C)cc1. The Bertz CT molecular complexity index is 676. The molecular formula is C28H49N3O3. The summed E-state index contributed by atoms with van der Waals surface area (Å²) < 4.78 is 5.47. The van der Waals surface area contributed by atoms with Gasteiger partial charge in [-0.3, -0.25) is 4.79 Å². The molecule has 0 bridgehead atoms. The molecule has 0 fully saturated rings. The first kappa shape index (κ1) is 30.0. The maximum atomic E-state index is 12.7. The third-order valence-corrected chi connectivity index (χ3v) is 6.06. The zero-order chi connectivity index (χ0) is 25.2. The molecule has 0 unspecified atom stereocenters. The van der Waals surface area contributed by atoms with Gasteiger partial charge in [0.2, 0.25) is 5.91 Å². The van der Waals surface area contributed by atoms with E-state index in [2.05, 4.69) is 23.6 Å². The highest BCUT2D eigenvalue weighted by Gasteiger charge is 2.13. The van der Waals surface area contributed by atoms with Crippen LogP contribution < -0.4 is 4.74 Å². The Balaban J connectivity index is 2.35. The number of hydrogen-bond donors (Lipinski definition) is 0. The first-order valence-corrected chi connectivity index (χ1v) is 13.3. The van der Waals surface area contributed by atoms with Crippen LogP contribution in [-0.4, -0.2) is 74.0 Å². The van der Waals surface area contributed by atoms with Crippen molar-refractivity contribution >= 4 is 12.0 Å². The third kappa shape index (κ3) is 13.6. The lowest BCUT2D eigenvalue weighted by molar-refractivity contribution is -0.131. The van der Waals surface area contributed by atoms with Gasteiger partial charge in [0.05, 0.1) is 0 Å². The number of nitrogens with zero attached hydrogens (tertiary/aromatic N) is 3. The predicted octanol–water partition coefficient (Wildman–Crippen LogP) is 5.99. The average Bonchev–Trinajstić information content (AvgIpc) is 2.81. The Hall–Kier alpha value is -2.08. The standard InChI is InChI=1S/C28H49N3O3/c1-6-8-10-13-24-31(23-9-7-2)27(32)16-12-11-15-25-17-19-26(20-18-25)34-28(33)30(5)22-14-21-29(3)4/h17-20H,6-16,21-24H2,1-5H3. The summed E-state index contributed by atoms with van der Waals surface area (Å²) in [5, 5.41) is 0. The van der Waals surface area contributed by atoms with Crippen molar-refractivity contribution in [2.24, 2.45) is 0 Å². The topological polar surface area (TPSA) is 53.1 Å². The van der Waals surface area contributed by atoms with E-state index in [0.717, 1.165) is 64.6 Å². The predicted molar refractivity (Wildman–Crippen MR) is 141 cm³/mol. The van der Waals surface area contributed by atoms with Crippen molar-refractivity contribution < 1.29 is 14.3 Å². The van der Waals surface area contributed by atoms with Crippen molar-refractivity contribution in [3.63, 3.8) is 0 Å². The van der Waals surface area contributed by atoms with Crippen LogP contribution in [0, 0.1) is 0 Å². The second-order valence-corrected chi connectivity index (χ2v) is 9.59. The van der Waals surface area contributed by atoms with E-state index in [4.69, 9.17) is 4.74 Å². The molecule has 0 saturated heterocycles. The van der Waals surface area contributed by atoms with Crippen LogP contribution in [0.4, 0.5) is 4.79 Å². The first-order valence-electron chi connectivity index (χ1n) is 13.3. The lowest BCUT2D eigenvalue weighted by Gasteiger charge is -2.22. The molecule has 0 aliphatic rings. The van der Waals surface area contributed by atoms with E-state index in [-0.39, 0.29) is 6.09 Å². The van der Waals surface area contributed by atoms with Gasteiger partial charge in [0, 0.05) is 33.1 Å². The Labute approximate surface area is 208 Å². The van der Waals surface area contributed by atoms with E-state index >= 15 is 0 Å². The number of benzene rings is 1. The van der Waals surface area contributed by atoms with E-state index in [1.165, 1.54) is 24.8 Å². The van der Waals surface area contributed by atoms with Gasteiger partial charge in [-0.1, -0.05) is 51.7 Å². The summed E-state index contributed by atoms with van der Waals surface area (Å²) in [5.41, 5.74) is 1.20. The zero-order valence-electron chi connectivity index (χ0n) is 22.5. The van der Waals surface area contributed by atoms with Crippen LogP contribution >= 0.6 is 0 Å². The fourth-order valence-corrected chi connectivity index (χ4v) is 3.82. The van der Waals surface area contributed by atoms with Gasteiger partial charge in [-0.2, -0.15) is 0 Å². The van der Waals surface area contributed by atoms with Gasteiger partial charge in [-0.15, -0.1) is 0 Å². The summed E-state index contributed by atoms with van der Waals surface area (Å²) in [6.45, 7) is 7.80. The smallest absolute Gasteiger partial charge is 0.410 e. The van der Waals surface area contributed by atoms with Gasteiger partial charge >= 0.3 is 6.09 Å². The van der Waals surface area contributed by atoms with Crippen LogP contribution in [-0.2, 0) is 11.2 Å². The fourth-order valence-electron chi connectivity index (χ4n) is 3.82. The molecule has 6 nitrogen and oxygen atoms in total. The maximum absolute atomic E-state index is 12.7. The molecular weight excluding hydrogens is 426 g/mol. The summed E-state index contributed by atoms with van der Waals surface area (Å²) in [4.78, 5) is 30.7. The van der Waals surface area contributed by atoms with Gasteiger partial charge in [0.15, 0.2) is 0 Å². The molecule has 1 rings (SSSR count). The largest absolute Gasteiger partial charge is 0.414 e. The monoisotopic (exact) mass is 475 g/mol. The molecule has 0 aliphatic heterocycles. The van der Waals surface area contributed by atoms with Crippen molar-refractivity contribution in [2.45, 2.75) is 84.5 Å². The fraction of sp³-hybridized carbons (Fsp3) is 0.714. The highest BCUT2D eigenvalue weighted by atomic mass is 16.6. The van der Waals surface area contributed by atoms with E-state index < -0.39 is 0 Å². The van der Waals surface area contributed by atoms with Crippen molar-refractivity contribution in [2.75, 3.05) is 47.3 Å². The lowest BCUT2D eigenvalue weighted by atomic mass is 10.1. The molecule has 0 N–H and O–H groups in total. The lowest BCUT2D eigenvalue weighted by Crippen LogP contribution is -2.32. The minimum absolute atomic E-state index is 0.307. The molecule has 194 valence electrons. The first-order chi connectivity index (χ1) is 16.4. The summed E-state index contributed by atoms with van der Waals surface area (Å²) in [7, 11) is 5.81. The van der Waals surface area contributed by atoms with E-state index in [1.54, 1.807) is 11.9 Å². The van der Waals surface area contributed by atoms with Crippen LogP contribution in [0.3, 0.4) is 0 Å². The molecule has 1 aromatic carbocycles. The van der Waals surface area contributed by atoms with Gasteiger partial charge in [-0.25, -0.2) is 4.79 Å². The number of carbonyl (C=O) groups excluding carboxylic acids is 2. The summed E-state index contributed by atoms with van der Waals surface area (Å²) in [6, 6.07) is 7.74. The van der Waals surface area contributed by atoms with Crippen LogP contribution in [0.2, 0.25) is 0 Å². The van der Waals surface area contributed by atoms with Crippen molar-refractivity contribution in [1.82, 2.24) is 14.7 Å². The van der Waals surface area contributed by atoms with E-state index in [9.17, 15) is 9.59 Å². The number of carbonyl (C=O) groups is 2. The minimum Gasteiger partial charge on any atom is -0.410 e. The molecule has 0 aliphatic carbocycles. The molecule has 0 heterocycles. The molecule has 2 amide bonds. The molecule has 0 radical (unpaired) electrons. The molecule has 0 aromatic heterocycles. The Morgan fingerprint density at radius 1 is 0.735 bits per heavy atom. The van der Waals surface area contributed by atoms with Crippen LogP contribution in [0.5, 0.6) is 5.75 Å². The molecule has 34 heavy (non-hydrogen) atoms. The van der Waals surface area contributed by atoms with E-state index in [0.29, 0.717) is 24.6 Å². The normalized spacial score (nSPS) is 11.0. The van der Waals surface area contributed by atoms with Crippen LogP contribution in [0.15, 0.2) is 24.3 Å². The average molecular weight is 476 g/mol. The number of rotatable bonds is 18. The molecule has 0 saturated carbocycles. The molecule has 0 atom stereocenters. The second-order valence-electron chi connectivity index (χ2n) is 9.59. The third-order valence-electron chi connectivity index (χ3n) is 6.06. The van der Waals surface area contributed by atoms with Crippen molar-refractivity contribution in [3.05, 3.63) is 29.8 Å². The summed E-state index contributed by atoms with van der Waals surface area (Å²) in [6.07, 6.45) is 11.0. The van der Waals surface area contributed by atoms with Gasteiger partial charge in [0.25, 0.3) is 0 Å². The number of hydrogen-bond acceptors (Lipinski definition) is 4. The zero-order valence-corrected chi connectivity index (χ0v) is 22.5. The molecule has 0 spiro atoms. The summed E-state index contributed by atoms with van der Waals surface area (Å²) >= 11 is 0. The number of aryl methyl sites for hydroxylation is 1. The number of amides is 2. The Morgan fingerprint density at radius 3 is 2.06 bits per heavy atom. The second kappa shape index (κ2) is 18.3. The Kier molecular flexibility index (Phi) is 16.1. The molecule has 6 heteroatoms. The number of unbranched alkanes of at least 4 members (excludes halogenated alkanes) is 5. The molecule has 1 aromatic rings. The van der Waals surface area contributed by atoms with Crippen LogP contribution in [0.1, 0.15) is 83.6 Å². The highest BCUT2D eigenvalue weighted by molar-refractivity contribution is 5.76. The van der Waals surface area contributed by atoms with E-state index in [1.807, 2.05) is 38.4 Å². The Morgan fingerprint density at radius 2 is 1.41 bits per heavy atom. The van der Waals surface area contributed by atoms with Crippen LogP contribution in [0.25, 0.3) is 0 Å². The van der Waals surface area contributed by atoms with Crippen molar-refractivity contribution in [3.8, 4) is 5.75 Å².